The first-order valence-electron chi connectivity index (χ1n) is 5.33. The molecule has 0 aliphatic heterocycles. The lowest BCUT2D eigenvalue weighted by molar-refractivity contribution is 0.610. The Morgan fingerprint density at radius 2 is 2.20 bits per heavy atom. The van der Waals surface area contributed by atoms with Gasteiger partial charge in [0, 0.05) is 17.9 Å². The van der Waals surface area contributed by atoms with Crippen LogP contribution in [-0.2, 0) is 12.3 Å². The molecule has 0 unspecified atom stereocenters. The Hall–Kier alpha value is -0.540. The number of unbranched alkanes of at least 4 members (excludes halogenated alkanes) is 1. The lowest BCUT2D eigenvalue weighted by Crippen LogP contribution is -2.00. The van der Waals surface area contributed by atoms with E-state index in [-0.39, 0.29) is 12.4 Å². The molecular weight excluding hydrogens is 209 g/mol. The molecule has 0 heterocycles. The summed E-state index contributed by atoms with van der Waals surface area (Å²) in [6.07, 6.45) is 2.47. The fraction of sp³-hybridized carbons (Fsp3) is 0.500. The van der Waals surface area contributed by atoms with E-state index in [1.54, 1.807) is 0 Å². The minimum Gasteiger partial charge on any atom is -0.326 e. The van der Waals surface area contributed by atoms with Crippen LogP contribution in [-0.4, -0.2) is 5.75 Å². The van der Waals surface area contributed by atoms with Crippen LogP contribution in [0.1, 0.15) is 30.9 Å². The summed E-state index contributed by atoms with van der Waals surface area (Å²) in [6, 6.07) is 5.22. The van der Waals surface area contributed by atoms with Crippen molar-refractivity contribution in [1.82, 2.24) is 0 Å². The number of thioether (sulfide) groups is 1. The predicted octanol–water partition coefficient (Wildman–Crippen LogP) is 3.32. The van der Waals surface area contributed by atoms with Gasteiger partial charge in [-0.2, -0.15) is 11.8 Å². The Balaban J connectivity index is 2.47. The Labute approximate surface area is 95.2 Å². The van der Waals surface area contributed by atoms with Crippen LogP contribution in [0.4, 0.5) is 4.39 Å². The lowest BCUT2D eigenvalue weighted by Gasteiger charge is -2.04. The highest BCUT2D eigenvalue weighted by Gasteiger charge is 2.01. The molecule has 0 atom stereocenters. The Kier molecular flexibility index (Phi) is 5.73. The number of nitrogens with two attached hydrogens (primary N) is 1. The van der Waals surface area contributed by atoms with Crippen LogP contribution in [0, 0.1) is 5.82 Å². The van der Waals surface area contributed by atoms with Gasteiger partial charge in [0.1, 0.15) is 5.82 Å². The van der Waals surface area contributed by atoms with Crippen LogP contribution in [0.3, 0.4) is 0 Å². The van der Waals surface area contributed by atoms with Crippen molar-refractivity contribution in [2.24, 2.45) is 5.73 Å². The van der Waals surface area contributed by atoms with Crippen LogP contribution >= 0.6 is 11.8 Å². The van der Waals surface area contributed by atoms with Gasteiger partial charge >= 0.3 is 0 Å². The zero-order valence-electron chi connectivity index (χ0n) is 9.13. The molecule has 1 aromatic rings. The molecule has 1 nitrogen and oxygen atoms in total. The monoisotopic (exact) mass is 227 g/mol. The van der Waals surface area contributed by atoms with E-state index in [1.807, 2.05) is 23.9 Å². The Morgan fingerprint density at radius 3 is 2.87 bits per heavy atom. The fourth-order valence-electron chi connectivity index (χ4n) is 1.31. The molecule has 15 heavy (non-hydrogen) atoms. The third kappa shape index (κ3) is 4.22. The second-order valence-corrected chi connectivity index (χ2v) is 4.64. The number of halogens is 1. The third-order valence-electron chi connectivity index (χ3n) is 2.24. The van der Waals surface area contributed by atoms with Gasteiger partial charge in [-0.1, -0.05) is 25.5 Å². The molecule has 0 aliphatic carbocycles. The summed E-state index contributed by atoms with van der Waals surface area (Å²) in [5, 5.41) is 0. The summed E-state index contributed by atoms with van der Waals surface area (Å²) in [4.78, 5) is 0. The van der Waals surface area contributed by atoms with Gasteiger partial charge in [0.2, 0.25) is 0 Å². The molecular formula is C12H18FNS. The zero-order chi connectivity index (χ0) is 11.1. The van der Waals surface area contributed by atoms with Crippen molar-refractivity contribution in [2.45, 2.75) is 32.1 Å². The van der Waals surface area contributed by atoms with Crippen molar-refractivity contribution in [2.75, 3.05) is 5.75 Å². The molecule has 0 aromatic heterocycles. The van der Waals surface area contributed by atoms with Gasteiger partial charge < -0.3 is 5.73 Å². The summed E-state index contributed by atoms with van der Waals surface area (Å²) in [6.45, 7) is 2.46. The van der Waals surface area contributed by atoms with Gasteiger partial charge in [-0.15, -0.1) is 0 Å². The molecule has 0 aliphatic rings. The van der Waals surface area contributed by atoms with Crippen LogP contribution in [0.25, 0.3) is 0 Å². The van der Waals surface area contributed by atoms with Gasteiger partial charge in [-0.3, -0.25) is 0 Å². The van der Waals surface area contributed by atoms with Gasteiger partial charge in [-0.05, 0) is 23.8 Å². The van der Waals surface area contributed by atoms with Gasteiger partial charge in [-0.25, -0.2) is 4.39 Å². The highest BCUT2D eigenvalue weighted by molar-refractivity contribution is 7.98. The van der Waals surface area contributed by atoms with Gasteiger partial charge in [0.05, 0.1) is 0 Å². The van der Waals surface area contributed by atoms with Crippen LogP contribution in [0.5, 0.6) is 0 Å². The van der Waals surface area contributed by atoms with E-state index in [1.165, 1.54) is 24.7 Å². The smallest absolute Gasteiger partial charge is 0.127 e. The minimum atomic E-state index is -0.195. The second kappa shape index (κ2) is 6.85. The molecule has 0 saturated heterocycles. The molecule has 0 fully saturated rings. The average Bonchev–Trinajstić information content (AvgIpc) is 2.26. The van der Waals surface area contributed by atoms with E-state index < -0.39 is 0 Å². The zero-order valence-corrected chi connectivity index (χ0v) is 9.95. The predicted molar refractivity (Wildman–Crippen MR) is 65.4 cm³/mol. The molecule has 2 N–H and O–H groups in total. The van der Waals surface area contributed by atoms with E-state index in [4.69, 9.17) is 5.73 Å². The molecule has 0 amide bonds. The molecule has 1 rings (SSSR count). The van der Waals surface area contributed by atoms with E-state index in [9.17, 15) is 4.39 Å². The first-order valence-corrected chi connectivity index (χ1v) is 6.48. The molecule has 0 saturated carbocycles. The van der Waals surface area contributed by atoms with Crippen molar-refractivity contribution in [3.05, 3.63) is 35.1 Å². The molecule has 1 aromatic carbocycles. The molecule has 84 valence electrons. The van der Waals surface area contributed by atoms with E-state index in [0.29, 0.717) is 5.56 Å². The fourth-order valence-corrected chi connectivity index (χ4v) is 2.36. The Morgan fingerprint density at radius 1 is 1.40 bits per heavy atom. The SMILES string of the molecule is CCCCSCc1ccc(F)c(CN)c1. The summed E-state index contributed by atoms with van der Waals surface area (Å²) >= 11 is 1.89. The first-order chi connectivity index (χ1) is 7.27. The highest BCUT2D eigenvalue weighted by Crippen LogP contribution is 2.16. The second-order valence-electron chi connectivity index (χ2n) is 3.54. The number of hydrogen-bond acceptors (Lipinski definition) is 2. The number of hydrogen-bond donors (Lipinski definition) is 1. The quantitative estimate of drug-likeness (QED) is 0.754. The molecule has 3 heteroatoms. The van der Waals surface area contributed by atoms with Crippen molar-refractivity contribution < 1.29 is 4.39 Å². The lowest BCUT2D eigenvalue weighted by atomic mass is 10.1. The maximum Gasteiger partial charge on any atom is 0.127 e. The summed E-state index contributed by atoms with van der Waals surface area (Å²) in [5.41, 5.74) is 7.23. The number of benzene rings is 1. The van der Waals surface area contributed by atoms with E-state index in [0.717, 1.165) is 11.3 Å². The van der Waals surface area contributed by atoms with Crippen LogP contribution in [0.2, 0.25) is 0 Å². The largest absolute Gasteiger partial charge is 0.326 e. The van der Waals surface area contributed by atoms with E-state index >= 15 is 0 Å². The van der Waals surface area contributed by atoms with Gasteiger partial charge in [0.25, 0.3) is 0 Å². The first kappa shape index (κ1) is 12.5. The van der Waals surface area contributed by atoms with Crippen LogP contribution in [0.15, 0.2) is 18.2 Å². The van der Waals surface area contributed by atoms with Crippen molar-refractivity contribution in [3.63, 3.8) is 0 Å². The standard InChI is InChI=1S/C12H18FNS/c1-2-3-6-15-9-10-4-5-12(13)11(7-10)8-14/h4-5,7H,2-3,6,8-9,14H2,1H3. The van der Waals surface area contributed by atoms with E-state index in [2.05, 4.69) is 6.92 Å². The summed E-state index contributed by atoms with van der Waals surface area (Å²) in [7, 11) is 0. The summed E-state index contributed by atoms with van der Waals surface area (Å²) < 4.78 is 13.1. The highest BCUT2D eigenvalue weighted by atomic mass is 32.2. The maximum atomic E-state index is 13.1. The van der Waals surface area contributed by atoms with Crippen molar-refractivity contribution in [3.8, 4) is 0 Å². The molecule has 0 radical (unpaired) electrons. The topological polar surface area (TPSA) is 26.0 Å². The normalized spacial score (nSPS) is 10.6. The van der Waals surface area contributed by atoms with Crippen molar-refractivity contribution in [1.29, 1.82) is 0 Å². The average molecular weight is 227 g/mol. The third-order valence-corrected chi connectivity index (χ3v) is 3.36. The van der Waals surface area contributed by atoms with Gasteiger partial charge in [0.15, 0.2) is 0 Å². The van der Waals surface area contributed by atoms with Crippen molar-refractivity contribution >= 4 is 11.8 Å². The number of rotatable bonds is 6. The Bertz CT molecular complexity index is 302. The molecule has 0 spiro atoms. The van der Waals surface area contributed by atoms with Crippen LogP contribution < -0.4 is 5.73 Å². The summed E-state index contributed by atoms with van der Waals surface area (Å²) in [5.74, 6) is 1.93. The molecule has 0 bridgehead atoms. The maximum absolute atomic E-state index is 13.1. The minimum absolute atomic E-state index is 0.195.